The lowest BCUT2D eigenvalue weighted by atomic mass is 9.85. The highest BCUT2D eigenvalue weighted by Gasteiger charge is 2.21. The molecule has 21 heavy (non-hydrogen) atoms. The second kappa shape index (κ2) is 6.79. The normalized spacial score (nSPS) is 22.8. The molecule has 2 heterocycles. The fraction of sp³-hybridized carbons (Fsp3) is 0.733. The summed E-state index contributed by atoms with van der Waals surface area (Å²) < 4.78 is 7.01. The third kappa shape index (κ3) is 3.58. The summed E-state index contributed by atoms with van der Waals surface area (Å²) in [7, 11) is 0. The molecule has 1 atom stereocenters. The summed E-state index contributed by atoms with van der Waals surface area (Å²) in [5.74, 6) is 1.04. The first-order valence-corrected chi connectivity index (χ1v) is 8.19. The highest BCUT2D eigenvalue weighted by Crippen LogP contribution is 2.27. The van der Waals surface area contributed by atoms with Crippen LogP contribution in [0.25, 0.3) is 0 Å². The van der Waals surface area contributed by atoms with Crippen molar-refractivity contribution >= 4 is 17.3 Å². The molecule has 0 aromatic carbocycles. The molecule has 2 fully saturated rings. The van der Waals surface area contributed by atoms with Gasteiger partial charge in [0.05, 0.1) is 17.8 Å². The molecule has 0 radical (unpaired) electrons. The summed E-state index contributed by atoms with van der Waals surface area (Å²) in [6.07, 6.45) is 7.44. The van der Waals surface area contributed by atoms with E-state index in [0.29, 0.717) is 29.1 Å². The van der Waals surface area contributed by atoms with E-state index in [1.54, 1.807) is 10.9 Å². The third-order valence-electron chi connectivity index (χ3n) is 4.48. The molecule has 1 aliphatic carbocycles. The number of aromatic nitrogens is 2. The van der Waals surface area contributed by atoms with E-state index in [9.17, 15) is 4.79 Å². The van der Waals surface area contributed by atoms with Crippen LogP contribution in [-0.4, -0.2) is 29.5 Å². The van der Waals surface area contributed by atoms with Gasteiger partial charge in [0, 0.05) is 19.7 Å². The Hall–Kier alpha value is -1.07. The van der Waals surface area contributed by atoms with E-state index < -0.39 is 0 Å². The van der Waals surface area contributed by atoms with Crippen LogP contribution in [0.1, 0.15) is 32.1 Å². The first-order valence-electron chi connectivity index (χ1n) is 7.81. The SMILES string of the molecule is O=c1c(NCC2CCCOC2)c(Cl)cnn1CC1CCC1. The number of hydrogen-bond acceptors (Lipinski definition) is 4. The minimum Gasteiger partial charge on any atom is -0.381 e. The van der Waals surface area contributed by atoms with Crippen LogP contribution in [0.15, 0.2) is 11.0 Å². The van der Waals surface area contributed by atoms with Gasteiger partial charge in [0.1, 0.15) is 5.69 Å². The summed E-state index contributed by atoms with van der Waals surface area (Å²) in [6, 6.07) is 0. The molecule has 0 amide bonds. The van der Waals surface area contributed by atoms with Crippen LogP contribution in [0.3, 0.4) is 0 Å². The molecule has 1 saturated carbocycles. The summed E-state index contributed by atoms with van der Waals surface area (Å²) in [5.41, 5.74) is 0.377. The minimum atomic E-state index is -0.105. The molecule has 116 valence electrons. The van der Waals surface area contributed by atoms with Crippen molar-refractivity contribution in [2.75, 3.05) is 25.1 Å². The molecule has 1 saturated heterocycles. The zero-order chi connectivity index (χ0) is 14.7. The largest absolute Gasteiger partial charge is 0.381 e. The van der Waals surface area contributed by atoms with Gasteiger partial charge < -0.3 is 10.1 Å². The van der Waals surface area contributed by atoms with Gasteiger partial charge in [0.25, 0.3) is 5.56 Å². The predicted molar refractivity (Wildman–Crippen MR) is 82.9 cm³/mol. The average molecular weight is 312 g/mol. The molecule has 2 aliphatic rings. The van der Waals surface area contributed by atoms with Crippen LogP contribution < -0.4 is 10.9 Å². The Balaban J connectivity index is 1.67. The van der Waals surface area contributed by atoms with E-state index in [1.807, 2.05) is 0 Å². The number of anilines is 1. The quantitative estimate of drug-likeness (QED) is 0.908. The molecule has 6 heteroatoms. The Labute approximate surface area is 129 Å². The molecule has 1 unspecified atom stereocenters. The molecule has 1 aliphatic heterocycles. The molecular weight excluding hydrogens is 290 g/mol. The van der Waals surface area contributed by atoms with Gasteiger partial charge in [-0.15, -0.1) is 0 Å². The van der Waals surface area contributed by atoms with E-state index in [1.165, 1.54) is 19.3 Å². The van der Waals surface area contributed by atoms with E-state index in [0.717, 1.165) is 32.6 Å². The molecule has 0 spiro atoms. The number of halogens is 1. The van der Waals surface area contributed by atoms with Crippen molar-refractivity contribution in [3.63, 3.8) is 0 Å². The highest BCUT2D eigenvalue weighted by molar-refractivity contribution is 6.32. The average Bonchev–Trinajstić information content (AvgIpc) is 2.45. The van der Waals surface area contributed by atoms with Crippen molar-refractivity contribution in [1.82, 2.24) is 9.78 Å². The molecule has 5 nitrogen and oxygen atoms in total. The number of rotatable bonds is 5. The Morgan fingerprint density at radius 2 is 2.14 bits per heavy atom. The van der Waals surface area contributed by atoms with Gasteiger partial charge in [0.2, 0.25) is 0 Å². The maximum atomic E-state index is 12.5. The zero-order valence-corrected chi connectivity index (χ0v) is 12.9. The van der Waals surface area contributed by atoms with E-state index in [2.05, 4.69) is 10.4 Å². The summed E-state index contributed by atoms with van der Waals surface area (Å²) in [4.78, 5) is 12.5. The van der Waals surface area contributed by atoms with Gasteiger partial charge in [0.15, 0.2) is 0 Å². The monoisotopic (exact) mass is 311 g/mol. The van der Waals surface area contributed by atoms with Crippen LogP contribution in [0, 0.1) is 11.8 Å². The lowest BCUT2D eigenvalue weighted by Crippen LogP contribution is -2.32. The summed E-state index contributed by atoms with van der Waals surface area (Å²) in [6.45, 7) is 3.03. The van der Waals surface area contributed by atoms with Crippen molar-refractivity contribution in [2.45, 2.75) is 38.6 Å². The number of hydrogen-bond donors (Lipinski definition) is 1. The van der Waals surface area contributed by atoms with Crippen molar-refractivity contribution in [1.29, 1.82) is 0 Å². The first kappa shape index (κ1) is 14.9. The summed E-state index contributed by atoms with van der Waals surface area (Å²) in [5, 5.41) is 7.78. The number of nitrogens with one attached hydrogen (secondary N) is 1. The van der Waals surface area contributed by atoms with E-state index in [4.69, 9.17) is 16.3 Å². The van der Waals surface area contributed by atoms with Crippen LogP contribution >= 0.6 is 11.6 Å². The Morgan fingerprint density at radius 3 is 2.81 bits per heavy atom. The van der Waals surface area contributed by atoms with E-state index >= 15 is 0 Å². The Kier molecular flexibility index (Phi) is 4.80. The minimum absolute atomic E-state index is 0.105. The predicted octanol–water partition coefficient (Wildman–Crippen LogP) is 2.54. The fourth-order valence-corrected chi connectivity index (χ4v) is 3.08. The number of nitrogens with zero attached hydrogens (tertiary/aromatic N) is 2. The summed E-state index contributed by atoms with van der Waals surface area (Å²) >= 11 is 6.13. The number of ether oxygens (including phenoxy) is 1. The first-order chi connectivity index (χ1) is 10.2. The highest BCUT2D eigenvalue weighted by atomic mass is 35.5. The van der Waals surface area contributed by atoms with Crippen molar-refractivity contribution in [3.8, 4) is 0 Å². The molecule has 1 N–H and O–H groups in total. The van der Waals surface area contributed by atoms with Gasteiger partial charge in [-0.2, -0.15) is 5.10 Å². The molecule has 1 aromatic heterocycles. The second-order valence-corrected chi connectivity index (χ2v) is 6.52. The van der Waals surface area contributed by atoms with Crippen molar-refractivity contribution < 1.29 is 4.74 Å². The maximum absolute atomic E-state index is 12.5. The van der Waals surface area contributed by atoms with Crippen LogP contribution in [-0.2, 0) is 11.3 Å². The molecule has 0 bridgehead atoms. The zero-order valence-electron chi connectivity index (χ0n) is 12.2. The van der Waals surface area contributed by atoms with Gasteiger partial charge in [-0.1, -0.05) is 18.0 Å². The Morgan fingerprint density at radius 1 is 1.33 bits per heavy atom. The molecule has 1 aromatic rings. The smallest absolute Gasteiger partial charge is 0.291 e. The lowest BCUT2D eigenvalue weighted by Gasteiger charge is -2.26. The Bertz CT molecular complexity index is 536. The van der Waals surface area contributed by atoms with Gasteiger partial charge in [-0.05, 0) is 37.5 Å². The van der Waals surface area contributed by atoms with Crippen LogP contribution in [0.4, 0.5) is 5.69 Å². The van der Waals surface area contributed by atoms with Crippen molar-refractivity contribution in [3.05, 3.63) is 21.6 Å². The van der Waals surface area contributed by atoms with E-state index in [-0.39, 0.29) is 5.56 Å². The van der Waals surface area contributed by atoms with Gasteiger partial charge in [-0.3, -0.25) is 4.79 Å². The standard InChI is InChI=1S/C15H22ClN3O2/c16-13-8-18-19(9-11-3-1-4-11)15(20)14(13)17-7-12-5-2-6-21-10-12/h8,11-12,17H,1-7,9-10H2. The fourth-order valence-electron chi connectivity index (χ4n) is 2.89. The third-order valence-corrected chi connectivity index (χ3v) is 4.76. The van der Waals surface area contributed by atoms with Crippen LogP contribution in [0.5, 0.6) is 0 Å². The van der Waals surface area contributed by atoms with Crippen LogP contribution in [0.2, 0.25) is 5.02 Å². The lowest BCUT2D eigenvalue weighted by molar-refractivity contribution is 0.0595. The van der Waals surface area contributed by atoms with Gasteiger partial charge >= 0.3 is 0 Å². The van der Waals surface area contributed by atoms with Gasteiger partial charge in [-0.25, -0.2) is 4.68 Å². The second-order valence-electron chi connectivity index (χ2n) is 6.12. The topological polar surface area (TPSA) is 56.1 Å². The molecule has 3 rings (SSSR count). The maximum Gasteiger partial charge on any atom is 0.291 e. The molecular formula is C15H22ClN3O2. The van der Waals surface area contributed by atoms with Crippen molar-refractivity contribution in [2.24, 2.45) is 11.8 Å².